The van der Waals surface area contributed by atoms with E-state index >= 15 is 0 Å². The van der Waals surface area contributed by atoms with Crippen LogP contribution in [-0.2, 0) is 15.1 Å². The molecule has 0 unspecified atom stereocenters. The second-order valence-corrected chi connectivity index (χ2v) is 5.73. The van der Waals surface area contributed by atoms with Crippen LogP contribution in [-0.4, -0.2) is 29.5 Å². The van der Waals surface area contributed by atoms with E-state index in [-0.39, 0.29) is 17.6 Å². The van der Waals surface area contributed by atoms with E-state index < -0.39 is 5.54 Å². The van der Waals surface area contributed by atoms with Crippen molar-refractivity contribution in [3.8, 4) is 0 Å². The van der Waals surface area contributed by atoms with Crippen LogP contribution in [0.4, 0.5) is 0 Å². The molecule has 0 bridgehead atoms. The monoisotopic (exact) mass is 313 g/mol. The van der Waals surface area contributed by atoms with Crippen molar-refractivity contribution in [2.75, 3.05) is 12.9 Å². The number of hydrogen-bond acceptors (Lipinski definition) is 2. The van der Waals surface area contributed by atoms with Crippen LogP contribution < -0.4 is 0 Å². The summed E-state index contributed by atoms with van der Waals surface area (Å²) in [5.41, 5.74) is -0.268. The molecule has 2 rings (SSSR count). The van der Waals surface area contributed by atoms with Crippen LogP contribution >= 0.6 is 23.2 Å². The summed E-state index contributed by atoms with van der Waals surface area (Å²) in [7, 11) is 1.64. The summed E-state index contributed by atoms with van der Waals surface area (Å²) in [6, 6.07) is 7.23. The van der Waals surface area contributed by atoms with E-state index in [4.69, 9.17) is 23.2 Å². The lowest BCUT2D eigenvalue weighted by atomic mass is 9.74. The van der Waals surface area contributed by atoms with Crippen molar-refractivity contribution in [3.63, 3.8) is 0 Å². The highest BCUT2D eigenvalue weighted by molar-refractivity contribution is 6.32. The lowest BCUT2D eigenvalue weighted by Crippen LogP contribution is -2.54. The first-order valence-corrected chi connectivity index (χ1v) is 7.56. The minimum atomic E-state index is -0.970. The Morgan fingerprint density at radius 1 is 1.35 bits per heavy atom. The first kappa shape index (κ1) is 15.3. The topological polar surface area (TPSA) is 37.4 Å². The number of alkyl halides is 1. The zero-order valence-electron chi connectivity index (χ0n) is 11.4. The molecule has 0 heterocycles. The number of likely N-dealkylation sites (N-methyl/N-ethyl adjacent to an activating group) is 1. The summed E-state index contributed by atoms with van der Waals surface area (Å²) in [5.74, 6) is -0.365. The van der Waals surface area contributed by atoms with E-state index in [1.54, 1.807) is 13.1 Å². The molecule has 1 aromatic rings. The van der Waals surface area contributed by atoms with E-state index in [0.29, 0.717) is 23.4 Å². The summed E-state index contributed by atoms with van der Waals surface area (Å²) >= 11 is 11.9. The third-order valence-corrected chi connectivity index (χ3v) is 4.59. The number of carbonyl (C=O) groups is 2. The Balaban J connectivity index is 2.58. The number of nitrogens with zero attached hydrogens (tertiary/aromatic N) is 1. The van der Waals surface area contributed by atoms with Crippen LogP contribution in [0.1, 0.15) is 31.2 Å². The molecule has 20 heavy (non-hydrogen) atoms. The quantitative estimate of drug-likeness (QED) is 0.802. The lowest BCUT2D eigenvalue weighted by Gasteiger charge is -2.43. The van der Waals surface area contributed by atoms with Gasteiger partial charge in [0.1, 0.15) is 11.4 Å². The van der Waals surface area contributed by atoms with E-state index in [2.05, 4.69) is 0 Å². The Bertz CT molecular complexity index is 532. The van der Waals surface area contributed by atoms with E-state index in [0.717, 1.165) is 12.8 Å². The van der Waals surface area contributed by atoms with Gasteiger partial charge in [0.05, 0.1) is 0 Å². The highest BCUT2D eigenvalue weighted by atomic mass is 35.5. The molecule has 1 aromatic carbocycles. The predicted molar refractivity (Wildman–Crippen MR) is 80.1 cm³/mol. The molecule has 0 aliphatic heterocycles. The smallest absolute Gasteiger partial charge is 0.238 e. The largest absolute Gasteiger partial charge is 0.328 e. The summed E-state index contributed by atoms with van der Waals surface area (Å²) in [6.45, 7) is 0. The van der Waals surface area contributed by atoms with Crippen LogP contribution in [0.2, 0.25) is 5.02 Å². The normalized spacial score (nSPS) is 22.6. The third-order valence-electron chi connectivity index (χ3n) is 4.03. The lowest BCUT2D eigenvalue weighted by molar-refractivity contribution is -0.146. The molecule has 108 valence electrons. The summed E-state index contributed by atoms with van der Waals surface area (Å²) < 4.78 is 0. The number of benzene rings is 1. The zero-order chi connectivity index (χ0) is 14.8. The molecule has 5 heteroatoms. The van der Waals surface area contributed by atoms with Crippen LogP contribution in [0, 0.1) is 0 Å². The average Bonchev–Trinajstić information content (AvgIpc) is 2.47. The molecular formula is C15H17Cl2NO2. The Kier molecular flexibility index (Phi) is 4.71. The molecule has 3 nitrogen and oxygen atoms in total. The Morgan fingerprint density at radius 2 is 2.05 bits per heavy atom. The number of halogens is 2. The van der Waals surface area contributed by atoms with Gasteiger partial charge >= 0.3 is 0 Å². The van der Waals surface area contributed by atoms with Crippen molar-refractivity contribution in [2.24, 2.45) is 0 Å². The number of carbonyl (C=O) groups excluding carboxylic acids is 2. The van der Waals surface area contributed by atoms with Gasteiger partial charge < -0.3 is 4.90 Å². The van der Waals surface area contributed by atoms with Gasteiger partial charge in [0, 0.05) is 24.1 Å². The molecular weight excluding hydrogens is 297 g/mol. The average molecular weight is 314 g/mol. The molecule has 0 spiro atoms. The van der Waals surface area contributed by atoms with Crippen molar-refractivity contribution in [2.45, 2.75) is 31.2 Å². The summed E-state index contributed by atoms with van der Waals surface area (Å²) in [4.78, 5) is 26.2. The Hall–Kier alpha value is -1.06. The van der Waals surface area contributed by atoms with Crippen molar-refractivity contribution in [1.82, 2.24) is 4.90 Å². The van der Waals surface area contributed by atoms with Gasteiger partial charge in [0.2, 0.25) is 5.91 Å². The number of Topliss-reactive ketones (excluding diaryl/α,β-unsaturated/α-hetero) is 1. The van der Waals surface area contributed by atoms with Gasteiger partial charge in [-0.3, -0.25) is 9.59 Å². The number of ketones is 1. The molecule has 1 amide bonds. The fourth-order valence-electron chi connectivity index (χ4n) is 2.93. The third kappa shape index (κ3) is 2.45. The molecule has 1 aliphatic rings. The van der Waals surface area contributed by atoms with Crippen LogP contribution in [0.5, 0.6) is 0 Å². The van der Waals surface area contributed by atoms with Gasteiger partial charge in [-0.15, -0.1) is 11.6 Å². The first-order valence-electron chi connectivity index (χ1n) is 6.65. The molecule has 0 radical (unpaired) electrons. The SMILES string of the molecule is CN(C(=O)CCl)[C@@]1(c2ccccc2Cl)CCCCC1=O. The standard InChI is InChI=1S/C15H17Cl2NO2/c1-18(14(20)10-16)15(9-5-4-8-13(15)19)11-6-2-3-7-12(11)17/h2-3,6-7H,4-5,8-10H2,1H3/t15-/m1/s1. The second-order valence-electron chi connectivity index (χ2n) is 5.06. The zero-order valence-corrected chi connectivity index (χ0v) is 12.9. The molecule has 0 aromatic heterocycles. The minimum absolute atomic E-state index is 0.0396. The first-order chi connectivity index (χ1) is 9.54. The molecule has 1 saturated carbocycles. The van der Waals surface area contributed by atoms with Crippen molar-refractivity contribution in [3.05, 3.63) is 34.9 Å². The van der Waals surface area contributed by atoms with Gasteiger partial charge in [-0.05, 0) is 25.3 Å². The maximum atomic E-state index is 12.6. The molecule has 0 N–H and O–H groups in total. The Labute approximate surface area is 128 Å². The maximum absolute atomic E-state index is 12.6. The molecule has 1 fully saturated rings. The fraction of sp³-hybridized carbons (Fsp3) is 0.467. The van der Waals surface area contributed by atoms with E-state index in [9.17, 15) is 9.59 Å². The van der Waals surface area contributed by atoms with Crippen molar-refractivity contribution >= 4 is 34.9 Å². The predicted octanol–water partition coefficient (Wildman–Crippen LogP) is 3.38. The van der Waals surface area contributed by atoms with Gasteiger partial charge in [-0.25, -0.2) is 0 Å². The van der Waals surface area contributed by atoms with E-state index in [1.165, 1.54) is 4.90 Å². The van der Waals surface area contributed by atoms with Crippen LogP contribution in [0.25, 0.3) is 0 Å². The van der Waals surface area contributed by atoms with E-state index in [1.807, 2.05) is 18.2 Å². The second kappa shape index (κ2) is 6.15. The van der Waals surface area contributed by atoms with Gasteiger partial charge in [-0.2, -0.15) is 0 Å². The number of rotatable bonds is 3. The van der Waals surface area contributed by atoms with Crippen molar-refractivity contribution in [1.29, 1.82) is 0 Å². The van der Waals surface area contributed by atoms with Crippen LogP contribution in [0.3, 0.4) is 0 Å². The van der Waals surface area contributed by atoms with Gasteiger partial charge in [-0.1, -0.05) is 29.8 Å². The number of amides is 1. The highest BCUT2D eigenvalue weighted by Gasteiger charge is 2.47. The summed E-state index contributed by atoms with van der Waals surface area (Å²) in [5, 5.41) is 0.511. The number of hydrogen-bond donors (Lipinski definition) is 0. The Morgan fingerprint density at radius 3 is 2.65 bits per heavy atom. The maximum Gasteiger partial charge on any atom is 0.238 e. The highest BCUT2D eigenvalue weighted by Crippen LogP contribution is 2.42. The minimum Gasteiger partial charge on any atom is -0.328 e. The van der Waals surface area contributed by atoms with Crippen molar-refractivity contribution < 1.29 is 9.59 Å². The molecule has 0 saturated heterocycles. The molecule has 1 atom stereocenters. The van der Waals surface area contributed by atoms with Gasteiger partial charge in [0.15, 0.2) is 5.78 Å². The molecule has 1 aliphatic carbocycles. The summed E-state index contributed by atoms with van der Waals surface area (Å²) in [6.07, 6.45) is 2.80. The van der Waals surface area contributed by atoms with Crippen LogP contribution in [0.15, 0.2) is 24.3 Å². The van der Waals surface area contributed by atoms with Gasteiger partial charge in [0.25, 0.3) is 0 Å². The fourth-order valence-corrected chi connectivity index (χ4v) is 3.40.